The van der Waals surface area contributed by atoms with E-state index >= 15 is 0 Å². The molecule has 37 heteroatoms. The first-order chi connectivity index (χ1) is 72.9. The monoisotopic (exact) mass is 2070 g/mol. The molecule has 0 unspecified atom stereocenters. The number of amides is 4. The van der Waals surface area contributed by atoms with Crippen molar-refractivity contribution in [1.82, 2.24) is 85.1 Å². The number of benzene rings is 5. The van der Waals surface area contributed by atoms with Crippen LogP contribution in [0.1, 0.15) is 123 Å². The van der Waals surface area contributed by atoms with Crippen LogP contribution in [0.5, 0.6) is 11.5 Å². The Morgan fingerprint density at radius 2 is 0.617 bits per heavy atom. The second kappa shape index (κ2) is 52.6. The van der Waals surface area contributed by atoms with Crippen LogP contribution < -0.4 is 52.0 Å². The lowest BCUT2D eigenvalue weighted by molar-refractivity contribution is 0.0829. The lowest BCUT2D eigenvalue weighted by Gasteiger charge is -2.29. The molecule has 0 atom stereocenters. The van der Waals surface area contributed by atoms with Gasteiger partial charge in [0.1, 0.15) is 0 Å². The molecule has 0 spiro atoms. The topological polar surface area (TPSA) is 419 Å². The molecule has 5 aliphatic heterocycles. The average molecular weight is 2070 g/mol. The molecule has 0 bridgehead atoms. The highest BCUT2D eigenvalue weighted by atomic mass is 32.1. The zero-order valence-electron chi connectivity index (χ0n) is 82.1. The molecule has 0 radical (unpaired) electrons. The number of rotatable bonds is 34. The fourth-order valence-corrected chi connectivity index (χ4v) is 20.9. The molecule has 4 fully saturated rings. The fraction of sp³-hybridized carbons (Fsp3) is 0.277. The van der Waals surface area contributed by atoms with Gasteiger partial charge < -0.3 is 92.0 Å². The van der Waals surface area contributed by atoms with Crippen LogP contribution in [0.25, 0.3) is 42.3 Å². The quantitative estimate of drug-likeness (QED) is 0.0178. The highest BCUT2D eigenvalue weighted by Crippen LogP contribution is 2.37. The number of carbonyl (C=O) groups excluding carboxylic acids is 4. The van der Waals surface area contributed by atoms with Crippen LogP contribution in [-0.4, -0.2) is 228 Å². The summed E-state index contributed by atoms with van der Waals surface area (Å²) in [5.74, 6) is 2.84. The van der Waals surface area contributed by atoms with Crippen molar-refractivity contribution in [2.75, 3.05) is 117 Å². The number of likely N-dealkylation sites (tertiary alicyclic amines) is 4. The van der Waals surface area contributed by atoms with E-state index in [-0.39, 0.29) is 54.8 Å². The van der Waals surface area contributed by atoms with Crippen LogP contribution in [0.15, 0.2) is 286 Å². The first-order valence-corrected chi connectivity index (χ1v) is 53.3. The molecule has 16 heterocycles. The van der Waals surface area contributed by atoms with Gasteiger partial charge in [0.05, 0.1) is 98.1 Å². The molecule has 21 rings (SSSR count). The highest BCUT2D eigenvalue weighted by molar-refractivity contribution is 7.18. The van der Waals surface area contributed by atoms with E-state index in [9.17, 15) is 39.6 Å². The minimum atomic E-state index is -0.177. The number of ether oxygens (including phenoxy) is 2. The number of aromatic nitrogens is 11. The summed E-state index contributed by atoms with van der Waals surface area (Å²) in [6.07, 6.45) is 27.0. The minimum absolute atomic E-state index is 0.120. The van der Waals surface area contributed by atoms with Crippen molar-refractivity contribution in [1.29, 1.82) is 0 Å². The number of pyridine rings is 3. The van der Waals surface area contributed by atoms with E-state index in [0.29, 0.717) is 73.5 Å². The van der Waals surface area contributed by atoms with Crippen LogP contribution in [0.4, 0.5) is 57.9 Å². The lowest BCUT2D eigenvalue weighted by atomic mass is 10.1. The smallest absolute Gasteiger partial charge is 0.265 e. The van der Waals surface area contributed by atoms with E-state index in [1.165, 1.54) is 67.6 Å². The van der Waals surface area contributed by atoms with E-state index < -0.39 is 0 Å². The van der Waals surface area contributed by atoms with Crippen molar-refractivity contribution in [3.8, 4) is 53.8 Å². The van der Waals surface area contributed by atoms with E-state index in [1.54, 1.807) is 98.4 Å². The van der Waals surface area contributed by atoms with Gasteiger partial charge in [0.25, 0.3) is 23.6 Å². The van der Waals surface area contributed by atoms with Crippen molar-refractivity contribution < 1.29 is 49.1 Å². The van der Waals surface area contributed by atoms with Gasteiger partial charge in [-0.3, -0.25) is 34.1 Å². The first-order valence-electron chi connectivity index (χ1n) is 50.0. The van der Waals surface area contributed by atoms with Gasteiger partial charge in [-0.25, -0.2) is 39.9 Å². The zero-order chi connectivity index (χ0) is 102. The maximum Gasteiger partial charge on any atom is 0.265 e. The summed E-state index contributed by atoms with van der Waals surface area (Å²) in [5.41, 5.74) is 15.0. The molecule has 0 saturated carbocycles. The molecule has 5 aliphatic rings. The Kier molecular flexibility index (Phi) is 36.7. The second-order valence-electron chi connectivity index (χ2n) is 36.6. The van der Waals surface area contributed by atoms with Gasteiger partial charge in [-0.05, 0) is 274 Å². The Morgan fingerprint density at radius 3 is 0.966 bits per heavy atom. The van der Waals surface area contributed by atoms with Crippen molar-refractivity contribution in [2.45, 2.75) is 115 Å². The van der Waals surface area contributed by atoms with Crippen molar-refractivity contribution in [3.05, 3.63) is 339 Å². The van der Waals surface area contributed by atoms with Gasteiger partial charge in [-0.15, -0.1) is 45.3 Å². The molecule has 764 valence electrons. The zero-order valence-corrected chi connectivity index (χ0v) is 85.4. The molecule has 4 saturated heterocycles. The van der Waals surface area contributed by atoms with Crippen molar-refractivity contribution >= 4 is 127 Å². The Bertz CT molecular complexity index is 6880. The van der Waals surface area contributed by atoms with Gasteiger partial charge in [0.2, 0.25) is 30.6 Å². The van der Waals surface area contributed by atoms with Crippen LogP contribution in [0.2, 0.25) is 0 Å². The van der Waals surface area contributed by atoms with Gasteiger partial charge in [0, 0.05) is 176 Å². The van der Waals surface area contributed by atoms with E-state index in [0.717, 1.165) is 237 Å². The fourth-order valence-electron chi connectivity index (χ4n) is 17.4. The van der Waals surface area contributed by atoms with Gasteiger partial charge in [-0.2, -0.15) is 0 Å². The normalized spacial score (nSPS) is 14.7. The van der Waals surface area contributed by atoms with Crippen molar-refractivity contribution in [2.24, 2.45) is 0 Å². The summed E-state index contributed by atoms with van der Waals surface area (Å²) in [6.45, 7) is 12.6. The Morgan fingerprint density at radius 1 is 0.295 bits per heavy atom. The molecule has 12 N–H and O–H groups in total. The maximum atomic E-state index is 12.8. The van der Waals surface area contributed by atoms with E-state index in [2.05, 4.69) is 161 Å². The molecule has 149 heavy (non-hydrogen) atoms. The predicted octanol–water partition coefficient (Wildman–Crippen LogP) is 18.1. The van der Waals surface area contributed by atoms with Crippen LogP contribution in [0, 0.1) is 0 Å². The van der Waals surface area contributed by atoms with Crippen LogP contribution >= 0.6 is 45.3 Å². The second-order valence-corrected chi connectivity index (χ2v) is 40.9. The number of hydrogen-bond donors (Lipinski definition) is 12. The molecule has 33 nitrogen and oxygen atoms in total. The van der Waals surface area contributed by atoms with Crippen LogP contribution in [-0.2, 0) is 38.8 Å². The Balaban J connectivity index is 0.000000130. The number of hydrogen-bond acceptors (Lipinski definition) is 33. The van der Waals surface area contributed by atoms with Crippen molar-refractivity contribution in [3.63, 3.8) is 0 Å². The third-order valence-corrected chi connectivity index (χ3v) is 30.1. The number of aliphatic hydroxyl groups is 4. The summed E-state index contributed by atoms with van der Waals surface area (Å²) < 4.78 is 10.8. The molecule has 4 amide bonds. The predicted molar refractivity (Wildman–Crippen MR) is 585 cm³/mol. The lowest BCUT2D eigenvalue weighted by Crippen LogP contribution is -2.37. The summed E-state index contributed by atoms with van der Waals surface area (Å²) in [5, 5.41) is 63.7. The van der Waals surface area contributed by atoms with Gasteiger partial charge in [-0.1, -0.05) is 60.7 Å². The number of nitrogens with one attached hydrogen (secondary N) is 8. The van der Waals surface area contributed by atoms with Gasteiger partial charge >= 0.3 is 0 Å². The molecule has 0 aliphatic carbocycles. The minimum Gasteiger partial charge on any atom is -0.454 e. The average Bonchev–Trinajstić information content (AvgIpc) is 1.70. The summed E-state index contributed by atoms with van der Waals surface area (Å²) in [4.78, 5) is 114. The maximum absolute atomic E-state index is 12.8. The number of nitrogens with zero attached hydrogens (tertiary/aromatic N) is 15. The Labute approximate surface area is 880 Å². The SMILES string of the molecule is O=C(NCc1ccc2c(c1)OCO2)c1ccc(-c2ccnc(Nc3cccc(CCN4CCC(O)CC4)c3)n2)s1.O=C(NCc1cccnc1)c1ccc(-c2ccnc(Nc3cccc(CCN4CCC(O)CC4)c3)n2)s1.O=C(Nc1cccnc1)c1ccc(-c2ccnc(Nc3cccc(CCN4CCC(O)CC4)c3)n2)s1.O=C(Nc1ccncc1)c1ccc(-c2ccnc(Nc3cccc(CCN4CCC(O)CC4)c3)n2)s1. The summed E-state index contributed by atoms with van der Waals surface area (Å²) >= 11 is 5.56. The number of fused-ring (bicyclic) bond motifs is 1. The summed E-state index contributed by atoms with van der Waals surface area (Å²) in [6, 6.07) is 71.9. The molecule has 16 aromatic rings. The third-order valence-electron chi connectivity index (χ3n) is 25.7. The van der Waals surface area contributed by atoms with E-state index in [4.69, 9.17) is 14.5 Å². The standard InChI is InChI=1S/C30H31N5O4S.C28H30N6O2S.2C27H28N6O2S/c36-23-10-14-35(15-11-23)13-9-20-2-1-3-22(16-20)33-30-31-12-8-24(34-30)27-6-7-28(40-27)29(37)32-18-21-4-5-25-26(17-21)39-19-38-25;35-23-10-15-34(16-11-23)14-9-20-3-1-5-22(17-20)32-28-30-13-8-24(33-28)25-6-7-26(37-25)27(36)31-19-21-4-2-12-29-18-21;34-22-10-15-33(16-11-22)14-9-19-3-1-4-20(17-19)31-27-29-13-8-23(32-27)24-6-7-25(36-24)26(35)30-21-5-2-12-28-18-21;34-22-10-16-33(17-11-22)15-9-19-2-1-3-21(18-19)31-27-29-14-8-23(32-27)24-4-5-25(36-24)26(35)30-20-6-12-28-13-7-20/h1-8,12,16-17,23,36H,9-11,13-15,18-19H2,(H,32,37)(H,31,33,34);1-8,12-13,17-18,23,35H,9-11,14-16,19H2,(H,31,36)(H,30,32,33);1-8,12-13,17-18,22,34H,9-11,14-16H2,(H,30,35)(H,29,31,32);1-8,12-14,18,22,34H,9-11,15-17H2,(H,28,30,35)(H,29,31,32). The third kappa shape index (κ3) is 31.3. The number of carbonyl (C=O) groups is 4. The van der Waals surface area contributed by atoms with Crippen LogP contribution in [0.3, 0.4) is 0 Å². The number of aliphatic hydroxyl groups excluding tert-OH is 4. The molecule has 11 aromatic heterocycles. The molecule has 5 aromatic carbocycles. The number of anilines is 10. The van der Waals surface area contributed by atoms with E-state index in [1.807, 2.05) is 140 Å². The first kappa shape index (κ1) is 104. The molecular weight excluding hydrogens is 1960 g/mol. The highest BCUT2D eigenvalue weighted by Gasteiger charge is 2.25. The number of piperidine rings is 4. The molecular formula is C112H117N23O10S4. The number of thiophene rings is 4. The Hall–Kier alpha value is -15.0. The van der Waals surface area contributed by atoms with Gasteiger partial charge in [0.15, 0.2) is 11.5 Å². The summed E-state index contributed by atoms with van der Waals surface area (Å²) in [7, 11) is 0. The largest absolute Gasteiger partial charge is 0.454 e.